The van der Waals surface area contributed by atoms with E-state index in [-0.39, 0.29) is 12.3 Å². The van der Waals surface area contributed by atoms with Gasteiger partial charge in [-0.1, -0.05) is 43.4 Å². The lowest BCUT2D eigenvalue weighted by molar-refractivity contribution is -0.121. The maximum absolute atomic E-state index is 12.2. The van der Waals surface area contributed by atoms with E-state index < -0.39 is 6.16 Å². The van der Waals surface area contributed by atoms with Gasteiger partial charge in [0.25, 0.3) is 0 Å². The monoisotopic (exact) mass is 357 g/mol. The normalized spacial score (nSPS) is 14.8. The number of rotatable bonds is 4. The van der Waals surface area contributed by atoms with Crippen LogP contribution in [-0.4, -0.2) is 35.4 Å². The molecule has 1 aliphatic rings. The lowest BCUT2D eigenvalue weighted by atomic mass is 10.1. The molecule has 0 spiro atoms. The summed E-state index contributed by atoms with van der Waals surface area (Å²) in [5.41, 5.74) is 0.766. The molecule has 1 amide bonds. The van der Waals surface area contributed by atoms with Crippen LogP contribution >= 0.6 is 11.6 Å². The van der Waals surface area contributed by atoms with Gasteiger partial charge in [-0.15, -0.1) is 0 Å². The Morgan fingerprint density at radius 1 is 1.21 bits per heavy atom. The number of amides is 1. The van der Waals surface area contributed by atoms with Crippen molar-refractivity contribution in [2.24, 2.45) is 0 Å². The van der Waals surface area contributed by atoms with Crippen molar-refractivity contribution in [3.63, 3.8) is 0 Å². The smallest absolute Gasteiger partial charge is 0.496 e. The van der Waals surface area contributed by atoms with E-state index in [0.29, 0.717) is 16.8 Å². The number of carbonyl (C=O) groups is 2. The molecule has 1 aliphatic carbocycles. The molecule has 1 fully saturated rings. The highest BCUT2D eigenvalue weighted by molar-refractivity contribution is 6.31. The van der Waals surface area contributed by atoms with E-state index in [1.807, 2.05) is 12.1 Å². The van der Waals surface area contributed by atoms with Crippen molar-refractivity contribution in [2.45, 2.75) is 51.0 Å². The number of hydrogen-bond acceptors (Lipinski definition) is 3. The molecule has 0 unspecified atom stereocenters. The largest absolute Gasteiger partial charge is 0.503 e. The first kappa shape index (κ1) is 20.1. The molecule has 0 saturated heterocycles. The number of nitrogens with one attached hydrogen (secondary N) is 1. The number of hydrogen-bond donors (Lipinski definition) is 3. The first-order valence-electron chi connectivity index (χ1n) is 7.96. The Morgan fingerprint density at radius 2 is 1.79 bits per heavy atom. The van der Waals surface area contributed by atoms with E-state index in [1.165, 1.54) is 25.7 Å². The highest BCUT2D eigenvalue weighted by Crippen LogP contribution is 2.26. The highest BCUT2D eigenvalue weighted by Gasteiger charge is 2.17. The van der Waals surface area contributed by atoms with Gasteiger partial charge in [0.15, 0.2) is 0 Å². The number of benzene rings is 1. The lowest BCUT2D eigenvalue weighted by Gasteiger charge is -2.17. The number of carbonyl (C=O) groups excluding carboxylic acids is 1. The van der Waals surface area contributed by atoms with Gasteiger partial charge in [0.05, 0.1) is 13.5 Å². The Morgan fingerprint density at radius 3 is 2.33 bits per heavy atom. The van der Waals surface area contributed by atoms with Crippen molar-refractivity contribution in [1.82, 2.24) is 5.32 Å². The Labute approximate surface area is 146 Å². The first-order valence-corrected chi connectivity index (χ1v) is 8.34. The second-order valence-electron chi connectivity index (χ2n) is 5.64. The fourth-order valence-electron chi connectivity index (χ4n) is 2.76. The van der Waals surface area contributed by atoms with Gasteiger partial charge < -0.3 is 20.3 Å². The lowest BCUT2D eigenvalue weighted by Crippen LogP contribution is -2.35. The highest BCUT2D eigenvalue weighted by atomic mass is 35.5. The average molecular weight is 358 g/mol. The fourth-order valence-corrected chi connectivity index (χ4v) is 3.00. The number of ether oxygens (including phenoxy) is 1. The standard InChI is InChI=1S/C16H22ClNO2.CH2O3/c1-20-15-10-6-9-14(17)13(15)11-16(19)18-12-7-4-2-3-5-8-12;2-1(3)4/h6,9-10,12H,2-5,7-8,11H2,1H3,(H,18,19);(H2,2,3,4). The maximum Gasteiger partial charge on any atom is 0.503 e. The molecule has 24 heavy (non-hydrogen) atoms. The molecule has 0 aliphatic heterocycles. The molecule has 0 radical (unpaired) electrons. The van der Waals surface area contributed by atoms with Crippen LogP contribution in [0, 0.1) is 0 Å². The van der Waals surface area contributed by atoms with Gasteiger partial charge in [-0.05, 0) is 25.0 Å². The predicted octanol–water partition coefficient (Wildman–Crippen LogP) is 3.95. The molecule has 1 aromatic carbocycles. The molecule has 2 rings (SSSR count). The summed E-state index contributed by atoms with van der Waals surface area (Å²) in [7, 11) is 1.60. The van der Waals surface area contributed by atoms with E-state index in [4.69, 9.17) is 31.3 Å². The summed E-state index contributed by atoms with van der Waals surface area (Å²) in [6, 6.07) is 5.77. The maximum atomic E-state index is 12.2. The van der Waals surface area contributed by atoms with Crippen LogP contribution in [0.5, 0.6) is 5.75 Å². The van der Waals surface area contributed by atoms with Crippen LogP contribution in [0.25, 0.3) is 0 Å². The predicted molar refractivity (Wildman–Crippen MR) is 92.0 cm³/mol. The van der Waals surface area contributed by atoms with Gasteiger partial charge in [-0.3, -0.25) is 4.79 Å². The molecule has 6 nitrogen and oxygen atoms in total. The number of carboxylic acid groups (broad SMARTS) is 2. The van der Waals surface area contributed by atoms with Gasteiger partial charge in [0, 0.05) is 16.6 Å². The summed E-state index contributed by atoms with van der Waals surface area (Å²) >= 11 is 6.16. The zero-order chi connectivity index (χ0) is 17.9. The second kappa shape index (κ2) is 10.8. The van der Waals surface area contributed by atoms with Crippen molar-refractivity contribution in [3.05, 3.63) is 28.8 Å². The van der Waals surface area contributed by atoms with Crippen LogP contribution < -0.4 is 10.1 Å². The van der Waals surface area contributed by atoms with Crippen molar-refractivity contribution < 1.29 is 24.5 Å². The third-order valence-corrected chi connectivity index (χ3v) is 4.21. The zero-order valence-corrected chi connectivity index (χ0v) is 14.5. The van der Waals surface area contributed by atoms with Crippen LogP contribution in [0.2, 0.25) is 5.02 Å². The summed E-state index contributed by atoms with van der Waals surface area (Å²) in [6.07, 6.45) is 5.60. The van der Waals surface area contributed by atoms with E-state index in [9.17, 15) is 4.79 Å². The van der Waals surface area contributed by atoms with Crippen molar-refractivity contribution in [2.75, 3.05) is 7.11 Å². The van der Waals surface area contributed by atoms with Gasteiger partial charge in [0.1, 0.15) is 5.75 Å². The van der Waals surface area contributed by atoms with E-state index in [2.05, 4.69) is 5.32 Å². The zero-order valence-electron chi connectivity index (χ0n) is 13.8. The Bertz CT molecular complexity index is 538. The van der Waals surface area contributed by atoms with Gasteiger partial charge in [-0.25, -0.2) is 4.79 Å². The van der Waals surface area contributed by atoms with Crippen LogP contribution in [0.15, 0.2) is 18.2 Å². The SMILES string of the molecule is COc1cccc(Cl)c1CC(=O)NC1CCCCCC1.O=C(O)O. The summed E-state index contributed by atoms with van der Waals surface area (Å²) in [5, 5.41) is 17.7. The van der Waals surface area contributed by atoms with Gasteiger partial charge >= 0.3 is 6.16 Å². The molecule has 3 N–H and O–H groups in total. The Hall–Kier alpha value is -1.95. The van der Waals surface area contributed by atoms with Gasteiger partial charge in [-0.2, -0.15) is 0 Å². The summed E-state index contributed by atoms with van der Waals surface area (Å²) in [4.78, 5) is 20.7. The quantitative estimate of drug-likeness (QED) is 0.709. The first-order chi connectivity index (χ1) is 11.4. The van der Waals surface area contributed by atoms with Crippen LogP contribution in [0.4, 0.5) is 4.79 Å². The third-order valence-electron chi connectivity index (χ3n) is 3.85. The van der Waals surface area contributed by atoms with Crippen LogP contribution in [0.3, 0.4) is 0 Å². The third kappa shape index (κ3) is 7.55. The minimum atomic E-state index is -1.83. The number of halogens is 1. The molecular formula is C17H24ClNO5. The molecule has 0 atom stereocenters. The van der Waals surface area contributed by atoms with Crippen LogP contribution in [0.1, 0.15) is 44.1 Å². The van der Waals surface area contributed by atoms with Gasteiger partial charge in [0.2, 0.25) is 5.91 Å². The molecule has 7 heteroatoms. The average Bonchev–Trinajstić information content (AvgIpc) is 2.77. The molecule has 1 saturated carbocycles. The molecule has 0 heterocycles. The molecule has 134 valence electrons. The summed E-state index contributed by atoms with van der Waals surface area (Å²) in [5.74, 6) is 0.705. The topological polar surface area (TPSA) is 95.9 Å². The molecular weight excluding hydrogens is 334 g/mol. The minimum Gasteiger partial charge on any atom is -0.496 e. The second-order valence-corrected chi connectivity index (χ2v) is 6.04. The summed E-state index contributed by atoms with van der Waals surface area (Å²) < 4.78 is 5.27. The Balaban J connectivity index is 0.000000648. The van der Waals surface area contributed by atoms with Crippen molar-refractivity contribution >= 4 is 23.7 Å². The fraction of sp³-hybridized carbons (Fsp3) is 0.529. The molecule has 0 aromatic heterocycles. The van der Waals surface area contributed by atoms with Crippen LogP contribution in [-0.2, 0) is 11.2 Å². The van der Waals surface area contributed by atoms with E-state index in [0.717, 1.165) is 18.4 Å². The minimum absolute atomic E-state index is 0.0308. The summed E-state index contributed by atoms with van der Waals surface area (Å²) in [6.45, 7) is 0. The number of methoxy groups -OCH3 is 1. The van der Waals surface area contributed by atoms with E-state index >= 15 is 0 Å². The molecule has 1 aromatic rings. The molecule has 0 bridgehead atoms. The van der Waals surface area contributed by atoms with E-state index in [1.54, 1.807) is 13.2 Å². The Kier molecular flexibility index (Phi) is 9.01. The van der Waals surface area contributed by atoms with Crippen molar-refractivity contribution in [3.8, 4) is 5.75 Å². The van der Waals surface area contributed by atoms with Crippen molar-refractivity contribution in [1.29, 1.82) is 0 Å².